The third-order valence-electron chi connectivity index (χ3n) is 3.96. The van der Waals surface area contributed by atoms with Crippen molar-refractivity contribution in [2.45, 2.75) is 13.0 Å². The third kappa shape index (κ3) is 3.39. The highest BCUT2D eigenvalue weighted by atomic mass is 35.5. The maximum Gasteiger partial charge on any atom is 0.320 e. The Morgan fingerprint density at radius 1 is 1.12 bits per heavy atom. The van der Waals surface area contributed by atoms with Gasteiger partial charge in [-0.3, -0.25) is 4.79 Å². The normalized spacial score (nSPS) is 16.7. The maximum atomic E-state index is 12.3. The molecule has 6 heteroatoms. The van der Waals surface area contributed by atoms with Crippen LogP contribution in [0.25, 0.3) is 5.70 Å². The van der Waals surface area contributed by atoms with Gasteiger partial charge in [-0.15, -0.1) is 0 Å². The quantitative estimate of drug-likeness (QED) is 0.886. The number of nitriles is 1. The molecule has 0 saturated heterocycles. The van der Waals surface area contributed by atoms with Crippen LogP contribution in [0, 0.1) is 11.3 Å². The Morgan fingerprint density at radius 3 is 2.32 bits per heavy atom. The molecule has 2 aromatic rings. The fourth-order valence-electron chi connectivity index (χ4n) is 2.79. The zero-order valence-corrected chi connectivity index (χ0v) is 14.1. The molecule has 0 saturated carbocycles. The van der Waals surface area contributed by atoms with E-state index in [0.717, 1.165) is 5.56 Å². The number of halogens is 1. The van der Waals surface area contributed by atoms with Gasteiger partial charge >= 0.3 is 6.03 Å². The molecule has 2 amide bonds. The summed E-state index contributed by atoms with van der Waals surface area (Å²) in [5, 5.41) is 15.0. The van der Waals surface area contributed by atoms with Gasteiger partial charge in [0.25, 0.3) is 0 Å². The summed E-state index contributed by atoms with van der Waals surface area (Å²) in [7, 11) is 0. The molecule has 1 aliphatic heterocycles. The summed E-state index contributed by atoms with van der Waals surface area (Å²) >= 11 is 5.92. The molecular weight excluding hydrogens is 338 g/mol. The van der Waals surface area contributed by atoms with E-state index in [1.165, 1.54) is 6.92 Å². The summed E-state index contributed by atoms with van der Waals surface area (Å²) in [6.07, 6.45) is 0. The number of hydrogen-bond donors (Lipinski definition) is 2. The number of benzene rings is 2. The summed E-state index contributed by atoms with van der Waals surface area (Å²) in [6, 6.07) is 14.7. The van der Waals surface area contributed by atoms with Crippen molar-refractivity contribution in [3.8, 4) is 6.07 Å². The van der Waals surface area contributed by atoms with Crippen molar-refractivity contribution in [2.75, 3.05) is 0 Å². The molecule has 0 fully saturated rings. The minimum absolute atomic E-state index is 0.160. The average Bonchev–Trinajstić information content (AvgIpc) is 2.61. The van der Waals surface area contributed by atoms with Gasteiger partial charge in [-0.25, -0.2) is 4.79 Å². The minimum atomic E-state index is -0.593. The lowest BCUT2D eigenvalue weighted by Gasteiger charge is -2.29. The van der Waals surface area contributed by atoms with Crippen molar-refractivity contribution >= 4 is 29.1 Å². The Kier molecular flexibility index (Phi) is 4.55. The van der Waals surface area contributed by atoms with Crippen LogP contribution in [0.2, 0.25) is 5.02 Å². The molecule has 1 aliphatic rings. The largest absolute Gasteiger partial charge is 0.327 e. The molecule has 25 heavy (non-hydrogen) atoms. The topological polar surface area (TPSA) is 82.0 Å². The maximum absolute atomic E-state index is 12.3. The number of nitrogens with zero attached hydrogens (tertiary/aromatic N) is 1. The number of ketones is 1. The zero-order valence-electron chi connectivity index (χ0n) is 13.3. The number of rotatable bonds is 3. The lowest BCUT2D eigenvalue weighted by molar-refractivity contribution is -0.113. The molecular formula is C19H14ClN3O2. The monoisotopic (exact) mass is 351 g/mol. The second kappa shape index (κ2) is 6.80. The van der Waals surface area contributed by atoms with Crippen molar-refractivity contribution in [1.82, 2.24) is 10.6 Å². The van der Waals surface area contributed by atoms with Gasteiger partial charge in [0.2, 0.25) is 0 Å². The Labute approximate surface area is 149 Å². The van der Waals surface area contributed by atoms with Crippen LogP contribution in [-0.4, -0.2) is 11.8 Å². The van der Waals surface area contributed by atoms with E-state index in [0.29, 0.717) is 27.4 Å². The summed E-state index contributed by atoms with van der Waals surface area (Å²) in [4.78, 5) is 24.5. The van der Waals surface area contributed by atoms with Crippen molar-refractivity contribution in [1.29, 1.82) is 5.26 Å². The molecule has 0 spiro atoms. The second-order valence-corrected chi connectivity index (χ2v) is 6.05. The van der Waals surface area contributed by atoms with E-state index in [1.807, 2.05) is 6.07 Å². The van der Waals surface area contributed by atoms with Gasteiger partial charge in [-0.2, -0.15) is 5.26 Å². The van der Waals surface area contributed by atoms with E-state index in [2.05, 4.69) is 10.6 Å². The first-order valence-electron chi connectivity index (χ1n) is 7.58. The molecule has 0 bridgehead atoms. The molecule has 5 nitrogen and oxygen atoms in total. The second-order valence-electron chi connectivity index (χ2n) is 5.62. The van der Waals surface area contributed by atoms with Gasteiger partial charge in [0.15, 0.2) is 5.78 Å². The molecule has 1 atom stereocenters. The van der Waals surface area contributed by atoms with Crippen molar-refractivity contribution in [2.24, 2.45) is 0 Å². The molecule has 0 aromatic heterocycles. The van der Waals surface area contributed by atoms with Gasteiger partial charge in [0.1, 0.15) is 0 Å². The SMILES string of the molecule is CC(=O)C1=C(c2ccc(Cl)cc2)NC(=O)NC1c1ccc(C#N)cc1. The Hall–Kier alpha value is -3.10. The van der Waals surface area contributed by atoms with Crippen LogP contribution in [-0.2, 0) is 4.79 Å². The van der Waals surface area contributed by atoms with Gasteiger partial charge in [0, 0.05) is 10.6 Å². The highest BCUT2D eigenvalue weighted by Crippen LogP contribution is 2.32. The number of carbonyl (C=O) groups excluding carboxylic acids is 2. The van der Waals surface area contributed by atoms with E-state index in [1.54, 1.807) is 48.5 Å². The van der Waals surface area contributed by atoms with E-state index >= 15 is 0 Å². The summed E-state index contributed by atoms with van der Waals surface area (Å²) in [5.41, 5.74) is 2.85. The minimum Gasteiger partial charge on any atom is -0.327 e. The van der Waals surface area contributed by atoms with E-state index in [4.69, 9.17) is 16.9 Å². The number of carbonyl (C=O) groups is 2. The molecule has 1 heterocycles. The first-order valence-corrected chi connectivity index (χ1v) is 7.96. The number of nitrogens with one attached hydrogen (secondary N) is 2. The Morgan fingerprint density at radius 2 is 1.76 bits per heavy atom. The standard InChI is InChI=1S/C19H14ClN3O2/c1-11(24)16-17(13-4-2-12(10-21)3-5-13)22-19(25)23-18(16)14-6-8-15(20)9-7-14/h2-9,17H,1H3,(H2,22,23,25). The van der Waals surface area contributed by atoms with Crippen molar-refractivity contribution < 1.29 is 9.59 Å². The fraction of sp³-hybridized carbons (Fsp3) is 0.105. The Balaban J connectivity index is 2.14. The molecule has 2 aromatic carbocycles. The number of hydrogen-bond acceptors (Lipinski definition) is 3. The fourth-order valence-corrected chi connectivity index (χ4v) is 2.91. The van der Waals surface area contributed by atoms with Crippen molar-refractivity contribution in [3.05, 3.63) is 75.8 Å². The molecule has 124 valence electrons. The van der Waals surface area contributed by atoms with Gasteiger partial charge in [0.05, 0.1) is 23.4 Å². The third-order valence-corrected chi connectivity index (χ3v) is 4.21. The number of urea groups is 1. The van der Waals surface area contributed by atoms with Crippen LogP contribution in [0.1, 0.15) is 29.7 Å². The van der Waals surface area contributed by atoms with Crippen LogP contribution < -0.4 is 10.6 Å². The number of amides is 2. The first-order chi connectivity index (χ1) is 12.0. The van der Waals surface area contributed by atoms with E-state index in [9.17, 15) is 9.59 Å². The average molecular weight is 352 g/mol. The Bertz CT molecular complexity index is 909. The summed E-state index contributed by atoms with van der Waals surface area (Å²) in [6.45, 7) is 1.46. The molecule has 2 N–H and O–H groups in total. The summed E-state index contributed by atoms with van der Waals surface area (Å²) < 4.78 is 0. The van der Waals surface area contributed by atoms with Gasteiger partial charge in [-0.1, -0.05) is 35.9 Å². The van der Waals surface area contributed by atoms with Crippen LogP contribution in [0.5, 0.6) is 0 Å². The van der Waals surface area contributed by atoms with Crippen LogP contribution in [0.4, 0.5) is 4.79 Å². The highest BCUT2D eigenvalue weighted by molar-refractivity contribution is 6.30. The predicted molar refractivity (Wildman–Crippen MR) is 94.6 cm³/mol. The van der Waals surface area contributed by atoms with Crippen LogP contribution in [0.15, 0.2) is 54.1 Å². The first kappa shape index (κ1) is 16.7. The van der Waals surface area contributed by atoms with Crippen molar-refractivity contribution in [3.63, 3.8) is 0 Å². The molecule has 0 aliphatic carbocycles. The van der Waals surface area contributed by atoms with Crippen LogP contribution in [0.3, 0.4) is 0 Å². The summed E-state index contributed by atoms with van der Waals surface area (Å²) in [5.74, 6) is -0.160. The molecule has 1 unspecified atom stereocenters. The lowest BCUT2D eigenvalue weighted by atomic mass is 9.90. The molecule has 0 radical (unpaired) electrons. The van der Waals surface area contributed by atoms with E-state index in [-0.39, 0.29) is 5.78 Å². The lowest BCUT2D eigenvalue weighted by Crippen LogP contribution is -2.44. The van der Waals surface area contributed by atoms with Gasteiger partial charge < -0.3 is 10.6 Å². The van der Waals surface area contributed by atoms with E-state index < -0.39 is 12.1 Å². The van der Waals surface area contributed by atoms with Gasteiger partial charge in [-0.05, 0) is 42.3 Å². The van der Waals surface area contributed by atoms with Crippen LogP contribution >= 0.6 is 11.6 Å². The number of Topliss-reactive ketones (excluding diaryl/α,β-unsaturated/α-hetero) is 1. The zero-order chi connectivity index (χ0) is 18.0. The predicted octanol–water partition coefficient (Wildman–Crippen LogP) is 3.57. The molecule has 3 rings (SSSR count). The smallest absolute Gasteiger partial charge is 0.320 e. The highest BCUT2D eigenvalue weighted by Gasteiger charge is 2.31.